The van der Waals surface area contributed by atoms with E-state index in [1.807, 2.05) is 12.5 Å². The first-order chi connectivity index (χ1) is 11.7. The summed E-state index contributed by atoms with van der Waals surface area (Å²) in [5.41, 5.74) is 2.59. The largest absolute Gasteiger partial charge is 0.340 e. The van der Waals surface area contributed by atoms with Crippen LogP contribution >= 0.6 is 0 Å². The van der Waals surface area contributed by atoms with Gasteiger partial charge in [-0.05, 0) is 11.1 Å². The Labute approximate surface area is 146 Å². The highest BCUT2D eigenvalue weighted by Gasteiger charge is 2.29. The lowest BCUT2D eigenvalue weighted by Gasteiger charge is -2.28. The molecule has 124 valence electrons. The van der Waals surface area contributed by atoms with E-state index in [0.29, 0.717) is 0 Å². The maximum absolute atomic E-state index is 4.22. The van der Waals surface area contributed by atoms with Crippen LogP contribution in [0.5, 0.6) is 0 Å². The van der Waals surface area contributed by atoms with E-state index >= 15 is 0 Å². The number of benzene rings is 2. The van der Waals surface area contributed by atoms with E-state index in [0.717, 1.165) is 6.17 Å². The molecule has 3 heteroatoms. The van der Waals surface area contributed by atoms with E-state index in [1.165, 1.54) is 30.0 Å². The number of rotatable bonds is 7. The molecule has 0 aliphatic rings. The summed E-state index contributed by atoms with van der Waals surface area (Å²) in [6.45, 7) is 4.80. The lowest BCUT2D eigenvalue weighted by molar-refractivity contribution is 0.814. The summed E-state index contributed by atoms with van der Waals surface area (Å²) < 4.78 is 2.26. The Hall–Kier alpha value is -2.13. The Morgan fingerprint density at radius 3 is 2.29 bits per heavy atom. The van der Waals surface area contributed by atoms with Crippen LogP contribution in [0.4, 0.5) is 0 Å². The van der Waals surface area contributed by atoms with E-state index < -0.39 is 8.07 Å². The van der Waals surface area contributed by atoms with Crippen molar-refractivity contribution in [2.24, 2.45) is 0 Å². The van der Waals surface area contributed by atoms with Crippen LogP contribution in [0.25, 0.3) is 11.1 Å². The highest BCUT2D eigenvalue weighted by molar-refractivity contribution is 6.89. The van der Waals surface area contributed by atoms with Crippen molar-refractivity contribution in [1.29, 1.82) is 0 Å². The highest BCUT2D eigenvalue weighted by Crippen LogP contribution is 2.21. The molecule has 3 rings (SSSR count). The number of hydrogen-bond donors (Lipinski definition) is 0. The molecule has 0 fully saturated rings. The lowest BCUT2D eigenvalue weighted by atomic mass is 10.1. The number of aromatic nitrogens is 2. The van der Waals surface area contributed by atoms with Crippen LogP contribution in [0.15, 0.2) is 73.3 Å². The molecule has 0 bridgehead atoms. The van der Waals surface area contributed by atoms with E-state index in [-0.39, 0.29) is 0 Å². The first-order valence-corrected chi connectivity index (χ1v) is 11.7. The predicted molar refractivity (Wildman–Crippen MR) is 105 cm³/mol. The standard InChI is InChI=1S/C21H26N2Si/c1-3-4-16-24(2,18-23-15-14-22-17-23)21-12-10-20(11-13-21)19-8-6-5-7-9-19/h5-15,17H,3-4,16,18H2,1-2H3. The quantitative estimate of drug-likeness (QED) is 0.563. The fraction of sp³-hybridized carbons (Fsp3) is 0.286. The lowest BCUT2D eigenvalue weighted by Crippen LogP contribution is -2.48. The topological polar surface area (TPSA) is 17.8 Å². The molecule has 1 aromatic heterocycles. The van der Waals surface area contributed by atoms with Crippen molar-refractivity contribution in [2.45, 2.75) is 38.5 Å². The predicted octanol–water partition coefficient (Wildman–Crippen LogP) is 4.88. The summed E-state index contributed by atoms with van der Waals surface area (Å²) in [5.74, 6) is 0. The van der Waals surface area contributed by atoms with Gasteiger partial charge in [-0.15, -0.1) is 0 Å². The second kappa shape index (κ2) is 7.62. The van der Waals surface area contributed by atoms with Crippen molar-refractivity contribution in [3.05, 3.63) is 73.3 Å². The summed E-state index contributed by atoms with van der Waals surface area (Å²) in [4.78, 5) is 4.22. The first kappa shape index (κ1) is 16.7. The fourth-order valence-corrected chi connectivity index (χ4v) is 7.09. The molecule has 0 aliphatic heterocycles. The molecule has 2 aromatic carbocycles. The Bertz CT molecular complexity index is 735. The molecule has 2 nitrogen and oxygen atoms in total. The van der Waals surface area contributed by atoms with Gasteiger partial charge in [0.2, 0.25) is 0 Å². The number of unbranched alkanes of at least 4 members (excludes halogenated alkanes) is 1. The second-order valence-electron chi connectivity index (χ2n) is 6.84. The van der Waals surface area contributed by atoms with E-state index in [1.54, 1.807) is 5.19 Å². The summed E-state index contributed by atoms with van der Waals surface area (Å²) in [5, 5.41) is 1.55. The zero-order valence-corrected chi connectivity index (χ0v) is 15.7. The average Bonchev–Trinajstić information content (AvgIpc) is 3.14. The van der Waals surface area contributed by atoms with Crippen molar-refractivity contribution >= 4 is 13.3 Å². The van der Waals surface area contributed by atoms with Crippen LogP contribution < -0.4 is 5.19 Å². The molecule has 24 heavy (non-hydrogen) atoms. The normalized spacial score (nSPS) is 13.6. The van der Waals surface area contributed by atoms with Gasteiger partial charge in [-0.25, -0.2) is 4.98 Å². The Balaban J connectivity index is 1.87. The van der Waals surface area contributed by atoms with Crippen molar-refractivity contribution in [1.82, 2.24) is 9.55 Å². The molecule has 3 aromatic rings. The van der Waals surface area contributed by atoms with Gasteiger partial charge in [0.15, 0.2) is 0 Å². The third-order valence-electron chi connectivity index (χ3n) is 4.86. The monoisotopic (exact) mass is 334 g/mol. The Kier molecular flexibility index (Phi) is 5.31. The summed E-state index contributed by atoms with van der Waals surface area (Å²) in [6.07, 6.45) is 9.60. The second-order valence-corrected chi connectivity index (χ2v) is 11.4. The SMILES string of the molecule is CCCC[Si](C)(Cn1ccnc1)c1ccc(-c2ccccc2)cc1. The van der Waals surface area contributed by atoms with Gasteiger partial charge >= 0.3 is 0 Å². The van der Waals surface area contributed by atoms with Crippen LogP contribution in [0, 0.1) is 0 Å². The minimum atomic E-state index is -1.55. The minimum Gasteiger partial charge on any atom is -0.340 e. The van der Waals surface area contributed by atoms with Crippen LogP contribution in [-0.2, 0) is 6.17 Å². The third-order valence-corrected chi connectivity index (χ3v) is 9.11. The molecule has 0 radical (unpaired) electrons. The third kappa shape index (κ3) is 3.85. The van der Waals surface area contributed by atoms with Gasteiger partial charge in [-0.2, -0.15) is 0 Å². The fourth-order valence-electron chi connectivity index (χ4n) is 3.36. The molecule has 0 saturated heterocycles. The maximum atomic E-state index is 4.22. The van der Waals surface area contributed by atoms with Gasteiger partial charge < -0.3 is 4.57 Å². The maximum Gasteiger partial charge on any atom is 0.105 e. The zero-order valence-electron chi connectivity index (χ0n) is 14.7. The average molecular weight is 335 g/mol. The molecule has 0 spiro atoms. The number of hydrogen-bond acceptors (Lipinski definition) is 1. The van der Waals surface area contributed by atoms with Crippen LogP contribution in [-0.4, -0.2) is 17.6 Å². The molecule has 0 amide bonds. The van der Waals surface area contributed by atoms with E-state index in [9.17, 15) is 0 Å². The molecule has 0 saturated carbocycles. The first-order valence-electron chi connectivity index (χ1n) is 8.83. The minimum absolute atomic E-state index is 1.11. The molecule has 1 unspecified atom stereocenters. The van der Waals surface area contributed by atoms with E-state index in [2.05, 4.69) is 83.8 Å². The van der Waals surface area contributed by atoms with Crippen LogP contribution in [0.3, 0.4) is 0 Å². The number of nitrogens with zero attached hydrogens (tertiary/aromatic N) is 2. The molecular weight excluding hydrogens is 308 g/mol. The van der Waals surface area contributed by atoms with Crippen LogP contribution in [0.2, 0.25) is 12.6 Å². The highest BCUT2D eigenvalue weighted by atomic mass is 28.3. The van der Waals surface area contributed by atoms with Crippen molar-refractivity contribution in [2.75, 3.05) is 0 Å². The van der Waals surface area contributed by atoms with Gasteiger partial charge in [0.25, 0.3) is 0 Å². The van der Waals surface area contributed by atoms with Crippen LogP contribution in [0.1, 0.15) is 19.8 Å². The summed E-state index contributed by atoms with van der Waals surface area (Å²) in [6, 6.07) is 21.2. The zero-order chi connectivity index (χ0) is 16.8. The molecule has 0 aliphatic carbocycles. The van der Waals surface area contributed by atoms with E-state index in [4.69, 9.17) is 0 Å². The van der Waals surface area contributed by atoms with Crippen molar-refractivity contribution < 1.29 is 0 Å². The molecular formula is C21H26N2Si. The van der Waals surface area contributed by atoms with Gasteiger partial charge in [-0.1, -0.05) is 92.1 Å². The molecule has 0 N–H and O–H groups in total. The Morgan fingerprint density at radius 2 is 1.67 bits per heavy atom. The summed E-state index contributed by atoms with van der Waals surface area (Å²) in [7, 11) is -1.55. The van der Waals surface area contributed by atoms with Gasteiger partial charge in [0, 0.05) is 18.6 Å². The number of imidazole rings is 1. The summed E-state index contributed by atoms with van der Waals surface area (Å²) >= 11 is 0. The van der Waals surface area contributed by atoms with Crippen molar-refractivity contribution in [3.63, 3.8) is 0 Å². The smallest absolute Gasteiger partial charge is 0.105 e. The molecule has 1 heterocycles. The molecule has 1 atom stereocenters. The van der Waals surface area contributed by atoms with Gasteiger partial charge in [-0.3, -0.25) is 0 Å². The van der Waals surface area contributed by atoms with Gasteiger partial charge in [0.05, 0.1) is 6.33 Å². The van der Waals surface area contributed by atoms with Gasteiger partial charge in [0.1, 0.15) is 8.07 Å². The van der Waals surface area contributed by atoms with Crippen molar-refractivity contribution in [3.8, 4) is 11.1 Å². The Morgan fingerprint density at radius 1 is 0.958 bits per heavy atom.